The molecular weight excluding hydrogens is 518 g/mol. The molecule has 2 aliphatic rings. The van der Waals surface area contributed by atoms with Crippen molar-refractivity contribution in [1.82, 2.24) is 5.32 Å². The standard InChI is InChI=1S/C27H26F2N2O6S/c28-17-5-8-20(9-6-17)38(34,35)31-18-7-10-24-21(11-18)22-12-19(36-25(15-32)27(22)37-24)13-26(33)30-14-16-3-1-2-4-23(16)29/h1-11,19,22,25,27,31-32H,12-15H2,(H,30,33)/t19-,22-,25-,27+/m1/s1. The van der Waals surface area contributed by atoms with Crippen LogP contribution in [0.25, 0.3) is 0 Å². The van der Waals surface area contributed by atoms with Gasteiger partial charge < -0.3 is 19.9 Å². The lowest BCUT2D eigenvalue weighted by Gasteiger charge is -2.37. The number of anilines is 1. The molecule has 3 aromatic rings. The van der Waals surface area contributed by atoms with Gasteiger partial charge in [-0.15, -0.1) is 0 Å². The number of aliphatic hydroxyl groups excluding tert-OH is 1. The fourth-order valence-electron chi connectivity index (χ4n) is 4.89. The first kappa shape index (κ1) is 26.1. The number of rotatable bonds is 8. The minimum Gasteiger partial charge on any atom is -0.487 e. The normalized spacial score (nSPS) is 22.2. The number of sulfonamides is 1. The molecule has 3 N–H and O–H groups in total. The van der Waals surface area contributed by atoms with Gasteiger partial charge >= 0.3 is 0 Å². The second kappa shape index (κ2) is 10.7. The molecule has 3 aromatic carbocycles. The average molecular weight is 545 g/mol. The summed E-state index contributed by atoms with van der Waals surface area (Å²) in [6, 6.07) is 15.5. The molecule has 1 fully saturated rings. The number of carbonyl (C=O) groups is 1. The molecule has 1 saturated heterocycles. The molecule has 0 saturated carbocycles. The zero-order valence-corrected chi connectivity index (χ0v) is 21.0. The summed E-state index contributed by atoms with van der Waals surface area (Å²) >= 11 is 0. The predicted molar refractivity (Wildman–Crippen MR) is 134 cm³/mol. The first-order chi connectivity index (χ1) is 18.2. The molecule has 11 heteroatoms. The van der Waals surface area contributed by atoms with Gasteiger partial charge in [0.2, 0.25) is 5.91 Å². The van der Waals surface area contributed by atoms with Crippen LogP contribution in [0.1, 0.15) is 29.9 Å². The van der Waals surface area contributed by atoms with Crippen LogP contribution in [-0.2, 0) is 26.1 Å². The Bertz CT molecular complexity index is 1430. The van der Waals surface area contributed by atoms with Gasteiger partial charge in [-0.2, -0.15) is 0 Å². The lowest BCUT2D eigenvalue weighted by molar-refractivity contribution is -0.142. The summed E-state index contributed by atoms with van der Waals surface area (Å²) in [7, 11) is -3.95. The number of benzene rings is 3. The second-order valence-electron chi connectivity index (χ2n) is 9.29. The maximum absolute atomic E-state index is 13.9. The van der Waals surface area contributed by atoms with Gasteiger partial charge in [0.15, 0.2) is 0 Å². The van der Waals surface area contributed by atoms with Crippen molar-refractivity contribution in [2.45, 2.75) is 48.5 Å². The molecule has 8 nitrogen and oxygen atoms in total. The largest absolute Gasteiger partial charge is 0.487 e. The van der Waals surface area contributed by atoms with Crippen molar-refractivity contribution in [3.05, 3.63) is 89.5 Å². The third-order valence-electron chi connectivity index (χ3n) is 6.72. The monoisotopic (exact) mass is 544 g/mol. The summed E-state index contributed by atoms with van der Waals surface area (Å²) < 4.78 is 67.1. The molecule has 38 heavy (non-hydrogen) atoms. The van der Waals surface area contributed by atoms with Crippen molar-refractivity contribution in [2.24, 2.45) is 0 Å². The highest BCUT2D eigenvalue weighted by molar-refractivity contribution is 7.92. The number of nitrogens with one attached hydrogen (secondary N) is 2. The quantitative estimate of drug-likeness (QED) is 0.400. The fraction of sp³-hybridized carbons (Fsp3) is 0.296. The smallest absolute Gasteiger partial charge is 0.261 e. The van der Waals surface area contributed by atoms with E-state index in [4.69, 9.17) is 9.47 Å². The zero-order chi connectivity index (χ0) is 26.9. The Hall–Kier alpha value is -3.54. The number of aliphatic hydroxyl groups is 1. The molecule has 0 spiro atoms. The highest BCUT2D eigenvalue weighted by Crippen LogP contribution is 2.47. The van der Waals surface area contributed by atoms with Gasteiger partial charge in [-0.05, 0) is 55.0 Å². The van der Waals surface area contributed by atoms with Crippen LogP contribution < -0.4 is 14.8 Å². The SMILES string of the molecule is O=C(C[C@H]1C[C@@H]2c3cc(NS(=O)(=O)c4ccc(F)cc4)ccc3O[C@@H]2[C@@H](CO)O1)NCc1ccccc1F. The van der Waals surface area contributed by atoms with E-state index in [1.807, 2.05) is 0 Å². The predicted octanol–water partition coefficient (Wildman–Crippen LogP) is 3.47. The average Bonchev–Trinajstić information content (AvgIpc) is 3.25. The molecule has 2 heterocycles. The minimum absolute atomic E-state index is 0.000390. The highest BCUT2D eigenvalue weighted by Gasteiger charge is 2.46. The number of fused-ring (bicyclic) bond motifs is 3. The summed E-state index contributed by atoms with van der Waals surface area (Å²) in [5.74, 6) is -0.992. The van der Waals surface area contributed by atoms with E-state index in [0.29, 0.717) is 23.4 Å². The van der Waals surface area contributed by atoms with Crippen LogP contribution in [0.15, 0.2) is 71.6 Å². The van der Waals surface area contributed by atoms with Gasteiger partial charge in [0.05, 0.1) is 24.0 Å². The van der Waals surface area contributed by atoms with Crippen molar-refractivity contribution in [3.8, 4) is 5.75 Å². The van der Waals surface area contributed by atoms with Crippen LogP contribution in [-0.4, -0.2) is 44.4 Å². The number of hydrogen-bond acceptors (Lipinski definition) is 6. The molecule has 0 aromatic heterocycles. The molecule has 0 unspecified atom stereocenters. The summed E-state index contributed by atoms with van der Waals surface area (Å²) in [5, 5.41) is 12.6. The summed E-state index contributed by atoms with van der Waals surface area (Å²) in [6.45, 7) is -0.288. The molecular formula is C27H26F2N2O6S. The van der Waals surface area contributed by atoms with Gasteiger partial charge in [-0.1, -0.05) is 18.2 Å². The lowest BCUT2D eigenvalue weighted by atomic mass is 9.84. The van der Waals surface area contributed by atoms with Gasteiger partial charge in [0.1, 0.15) is 29.6 Å². The van der Waals surface area contributed by atoms with Crippen LogP contribution in [0.5, 0.6) is 5.75 Å². The van der Waals surface area contributed by atoms with E-state index in [9.17, 15) is 27.1 Å². The van der Waals surface area contributed by atoms with Crippen molar-refractivity contribution in [3.63, 3.8) is 0 Å². The Labute approximate surface area is 218 Å². The van der Waals surface area contributed by atoms with E-state index in [-0.39, 0.29) is 36.3 Å². The van der Waals surface area contributed by atoms with Gasteiger partial charge in [0.25, 0.3) is 10.0 Å². The third-order valence-corrected chi connectivity index (χ3v) is 8.12. The molecule has 200 valence electrons. The minimum atomic E-state index is -3.95. The zero-order valence-electron chi connectivity index (χ0n) is 20.1. The van der Waals surface area contributed by atoms with Crippen LogP contribution in [0.3, 0.4) is 0 Å². The second-order valence-corrected chi connectivity index (χ2v) is 11.0. The fourth-order valence-corrected chi connectivity index (χ4v) is 5.94. The first-order valence-corrected chi connectivity index (χ1v) is 13.6. The maximum Gasteiger partial charge on any atom is 0.261 e. The highest BCUT2D eigenvalue weighted by atomic mass is 32.2. The van der Waals surface area contributed by atoms with E-state index in [2.05, 4.69) is 10.0 Å². The Balaban J connectivity index is 1.29. The summed E-state index contributed by atoms with van der Waals surface area (Å²) in [5.41, 5.74) is 1.39. The first-order valence-electron chi connectivity index (χ1n) is 12.1. The number of ether oxygens (including phenoxy) is 2. The van der Waals surface area contributed by atoms with E-state index < -0.39 is 40.0 Å². The maximum atomic E-state index is 13.9. The molecule has 1 amide bonds. The summed E-state index contributed by atoms with van der Waals surface area (Å²) in [6.07, 6.45) is -1.33. The van der Waals surface area contributed by atoms with Gasteiger partial charge in [-0.25, -0.2) is 17.2 Å². The molecule has 0 bridgehead atoms. The topological polar surface area (TPSA) is 114 Å². The van der Waals surface area contributed by atoms with Crippen molar-refractivity contribution >= 4 is 21.6 Å². The van der Waals surface area contributed by atoms with Crippen molar-refractivity contribution in [2.75, 3.05) is 11.3 Å². The number of hydrogen-bond donors (Lipinski definition) is 3. The summed E-state index contributed by atoms with van der Waals surface area (Å²) in [4.78, 5) is 12.5. The third kappa shape index (κ3) is 5.50. The van der Waals surface area contributed by atoms with Gasteiger partial charge in [0, 0.05) is 29.3 Å². The Morgan fingerprint density at radius 3 is 2.55 bits per heavy atom. The number of carbonyl (C=O) groups excluding carboxylic acids is 1. The van der Waals surface area contributed by atoms with Gasteiger partial charge in [-0.3, -0.25) is 9.52 Å². The molecule has 0 radical (unpaired) electrons. The van der Waals surface area contributed by atoms with Crippen LogP contribution in [0.2, 0.25) is 0 Å². The van der Waals surface area contributed by atoms with Crippen molar-refractivity contribution in [1.29, 1.82) is 0 Å². The number of amides is 1. The molecule has 0 aliphatic carbocycles. The van der Waals surface area contributed by atoms with Crippen LogP contribution in [0, 0.1) is 11.6 Å². The van der Waals surface area contributed by atoms with E-state index in [1.165, 1.54) is 18.2 Å². The molecule has 2 aliphatic heterocycles. The van der Waals surface area contributed by atoms with Crippen molar-refractivity contribution < 1.29 is 36.6 Å². The van der Waals surface area contributed by atoms with E-state index in [0.717, 1.165) is 17.7 Å². The van der Waals surface area contributed by atoms with E-state index >= 15 is 0 Å². The number of halogens is 2. The Kier molecular flexibility index (Phi) is 7.33. The molecule has 4 atom stereocenters. The Morgan fingerprint density at radius 1 is 1.05 bits per heavy atom. The van der Waals surface area contributed by atoms with E-state index in [1.54, 1.807) is 36.4 Å². The van der Waals surface area contributed by atoms with Crippen LogP contribution >= 0.6 is 0 Å². The lowest BCUT2D eigenvalue weighted by Crippen LogP contribution is -2.47. The van der Waals surface area contributed by atoms with Crippen LogP contribution in [0.4, 0.5) is 14.5 Å². The molecule has 5 rings (SSSR count). The Morgan fingerprint density at radius 2 is 1.82 bits per heavy atom.